The molecule has 0 saturated carbocycles. The van der Waals surface area contributed by atoms with Gasteiger partial charge in [-0.25, -0.2) is 0 Å². The van der Waals surface area contributed by atoms with Crippen LogP contribution in [-0.2, 0) is 0 Å². The summed E-state index contributed by atoms with van der Waals surface area (Å²) in [6.45, 7) is 3.02. The number of fused-ring (bicyclic) bond motifs is 1. The van der Waals surface area contributed by atoms with E-state index in [2.05, 4.69) is 0 Å². The summed E-state index contributed by atoms with van der Waals surface area (Å²) in [5, 5.41) is 0. The molecule has 1 aliphatic rings. The Kier molecular flexibility index (Phi) is 2.99. The van der Waals surface area contributed by atoms with Crippen LogP contribution >= 0.6 is 0 Å². The predicted molar refractivity (Wildman–Crippen MR) is 68.9 cm³/mol. The first-order valence-electron chi connectivity index (χ1n) is 6.24. The van der Waals surface area contributed by atoms with Crippen LogP contribution in [0.3, 0.4) is 0 Å². The molecule has 3 rings (SSSR count). The lowest BCUT2D eigenvalue weighted by molar-refractivity contribution is 0.103. The summed E-state index contributed by atoms with van der Waals surface area (Å²) >= 11 is 0. The zero-order chi connectivity index (χ0) is 13.2. The molecule has 98 valence electrons. The topological polar surface area (TPSA) is 48.7 Å². The molecular formula is C15H14O4. The first-order chi connectivity index (χ1) is 9.25. The Labute approximate surface area is 110 Å². The maximum atomic E-state index is 12.3. The van der Waals surface area contributed by atoms with Crippen molar-refractivity contribution in [3.8, 4) is 11.5 Å². The molecule has 0 unspecified atom stereocenters. The fraction of sp³-hybridized carbons (Fsp3) is 0.267. The second-order valence-electron chi connectivity index (χ2n) is 4.43. The zero-order valence-electron chi connectivity index (χ0n) is 10.6. The van der Waals surface area contributed by atoms with Gasteiger partial charge in [0, 0.05) is 12.0 Å². The van der Waals surface area contributed by atoms with E-state index in [4.69, 9.17) is 13.9 Å². The van der Waals surface area contributed by atoms with Gasteiger partial charge in [-0.2, -0.15) is 0 Å². The Balaban J connectivity index is 1.96. The van der Waals surface area contributed by atoms with Crippen LogP contribution in [0.15, 0.2) is 34.9 Å². The van der Waals surface area contributed by atoms with Crippen LogP contribution in [0.25, 0.3) is 0 Å². The standard InChI is InChI=1S/C15H14O4/c1-10-12(5-8-17-10)15(16)11-3-4-13-14(9-11)19-7-2-6-18-13/h3-5,8-9H,2,6-7H2,1H3. The van der Waals surface area contributed by atoms with Crippen molar-refractivity contribution >= 4 is 5.78 Å². The minimum Gasteiger partial charge on any atom is -0.490 e. The number of aryl methyl sites for hydroxylation is 1. The second kappa shape index (κ2) is 4.80. The normalized spacial score (nSPS) is 13.9. The van der Waals surface area contributed by atoms with Crippen molar-refractivity contribution in [2.75, 3.05) is 13.2 Å². The van der Waals surface area contributed by atoms with E-state index in [1.807, 2.05) is 0 Å². The Hall–Kier alpha value is -2.23. The molecule has 0 amide bonds. The van der Waals surface area contributed by atoms with Gasteiger partial charge in [0.25, 0.3) is 0 Å². The Morgan fingerprint density at radius 2 is 1.89 bits per heavy atom. The quantitative estimate of drug-likeness (QED) is 0.777. The largest absolute Gasteiger partial charge is 0.490 e. The van der Waals surface area contributed by atoms with E-state index >= 15 is 0 Å². The Morgan fingerprint density at radius 3 is 2.63 bits per heavy atom. The van der Waals surface area contributed by atoms with Crippen molar-refractivity contribution in [3.05, 3.63) is 47.4 Å². The van der Waals surface area contributed by atoms with Gasteiger partial charge in [-0.15, -0.1) is 0 Å². The maximum absolute atomic E-state index is 12.3. The highest BCUT2D eigenvalue weighted by Gasteiger charge is 2.17. The number of rotatable bonds is 2. The Bertz CT molecular complexity index is 612. The average molecular weight is 258 g/mol. The van der Waals surface area contributed by atoms with Gasteiger partial charge >= 0.3 is 0 Å². The average Bonchev–Trinajstić information content (AvgIpc) is 2.72. The molecule has 0 bridgehead atoms. The lowest BCUT2D eigenvalue weighted by Crippen LogP contribution is -2.02. The third kappa shape index (κ3) is 2.21. The van der Waals surface area contributed by atoms with Gasteiger partial charge in [0.05, 0.1) is 25.0 Å². The van der Waals surface area contributed by atoms with Crippen molar-refractivity contribution in [1.82, 2.24) is 0 Å². The molecule has 0 atom stereocenters. The molecule has 0 spiro atoms. The van der Waals surface area contributed by atoms with Crippen LogP contribution in [0.5, 0.6) is 11.5 Å². The van der Waals surface area contributed by atoms with Gasteiger partial charge in [0.1, 0.15) is 5.76 Å². The number of hydrogen-bond donors (Lipinski definition) is 0. The van der Waals surface area contributed by atoms with E-state index in [0.29, 0.717) is 41.6 Å². The van der Waals surface area contributed by atoms with E-state index in [9.17, 15) is 4.79 Å². The molecule has 2 heterocycles. The summed E-state index contributed by atoms with van der Waals surface area (Å²) in [7, 11) is 0. The van der Waals surface area contributed by atoms with E-state index in [1.165, 1.54) is 6.26 Å². The molecule has 1 aliphatic heterocycles. The number of carbonyl (C=O) groups is 1. The monoisotopic (exact) mass is 258 g/mol. The van der Waals surface area contributed by atoms with E-state index in [1.54, 1.807) is 31.2 Å². The fourth-order valence-electron chi connectivity index (χ4n) is 2.08. The molecule has 0 aliphatic carbocycles. The van der Waals surface area contributed by atoms with Crippen LogP contribution in [0.4, 0.5) is 0 Å². The molecule has 2 aromatic rings. The molecule has 0 radical (unpaired) electrons. The van der Waals surface area contributed by atoms with Crippen LogP contribution in [-0.4, -0.2) is 19.0 Å². The highest BCUT2D eigenvalue weighted by atomic mass is 16.5. The lowest BCUT2D eigenvalue weighted by atomic mass is 10.0. The molecule has 0 N–H and O–H groups in total. The molecule has 0 fully saturated rings. The summed E-state index contributed by atoms with van der Waals surface area (Å²) in [5.74, 6) is 1.88. The maximum Gasteiger partial charge on any atom is 0.196 e. The molecule has 0 saturated heterocycles. The summed E-state index contributed by atoms with van der Waals surface area (Å²) < 4.78 is 16.3. The second-order valence-corrected chi connectivity index (χ2v) is 4.43. The van der Waals surface area contributed by atoms with Gasteiger partial charge in [-0.1, -0.05) is 0 Å². The van der Waals surface area contributed by atoms with Gasteiger partial charge in [0.15, 0.2) is 17.3 Å². The molecule has 4 nitrogen and oxygen atoms in total. The van der Waals surface area contributed by atoms with Crippen molar-refractivity contribution in [2.45, 2.75) is 13.3 Å². The van der Waals surface area contributed by atoms with Crippen molar-refractivity contribution < 1.29 is 18.7 Å². The summed E-state index contributed by atoms with van der Waals surface area (Å²) in [5.41, 5.74) is 1.16. The minimum absolute atomic E-state index is 0.0677. The number of ketones is 1. The number of carbonyl (C=O) groups excluding carboxylic acids is 1. The SMILES string of the molecule is Cc1occc1C(=O)c1ccc2c(c1)OCCCO2. The van der Waals surface area contributed by atoms with Crippen LogP contribution in [0.2, 0.25) is 0 Å². The van der Waals surface area contributed by atoms with Crippen molar-refractivity contribution in [1.29, 1.82) is 0 Å². The summed E-state index contributed by atoms with van der Waals surface area (Å²) in [6.07, 6.45) is 2.37. The highest BCUT2D eigenvalue weighted by molar-refractivity contribution is 6.09. The van der Waals surface area contributed by atoms with Crippen molar-refractivity contribution in [2.24, 2.45) is 0 Å². The van der Waals surface area contributed by atoms with E-state index in [-0.39, 0.29) is 5.78 Å². The third-order valence-corrected chi connectivity index (χ3v) is 3.11. The first-order valence-corrected chi connectivity index (χ1v) is 6.24. The number of hydrogen-bond acceptors (Lipinski definition) is 4. The van der Waals surface area contributed by atoms with E-state index < -0.39 is 0 Å². The van der Waals surface area contributed by atoms with Gasteiger partial charge in [0.2, 0.25) is 0 Å². The third-order valence-electron chi connectivity index (χ3n) is 3.11. The number of ether oxygens (including phenoxy) is 2. The molecular weight excluding hydrogens is 244 g/mol. The molecule has 19 heavy (non-hydrogen) atoms. The van der Waals surface area contributed by atoms with Gasteiger partial charge < -0.3 is 13.9 Å². The zero-order valence-corrected chi connectivity index (χ0v) is 10.6. The van der Waals surface area contributed by atoms with Crippen LogP contribution in [0, 0.1) is 6.92 Å². The molecule has 4 heteroatoms. The van der Waals surface area contributed by atoms with E-state index in [0.717, 1.165) is 6.42 Å². The molecule has 1 aromatic heterocycles. The first kappa shape index (κ1) is 11.8. The van der Waals surface area contributed by atoms with Gasteiger partial charge in [-0.3, -0.25) is 4.79 Å². The fourth-order valence-corrected chi connectivity index (χ4v) is 2.08. The number of furan rings is 1. The summed E-state index contributed by atoms with van der Waals surface area (Å²) in [4.78, 5) is 12.3. The highest BCUT2D eigenvalue weighted by Crippen LogP contribution is 2.31. The smallest absolute Gasteiger partial charge is 0.196 e. The van der Waals surface area contributed by atoms with Crippen molar-refractivity contribution in [3.63, 3.8) is 0 Å². The summed E-state index contributed by atoms with van der Waals surface area (Å²) in [6, 6.07) is 6.95. The van der Waals surface area contributed by atoms with Crippen LogP contribution in [0.1, 0.15) is 28.1 Å². The Morgan fingerprint density at radius 1 is 1.11 bits per heavy atom. The van der Waals surface area contributed by atoms with Crippen LogP contribution < -0.4 is 9.47 Å². The number of benzene rings is 1. The lowest BCUT2D eigenvalue weighted by Gasteiger charge is -2.08. The minimum atomic E-state index is -0.0677. The van der Waals surface area contributed by atoms with Gasteiger partial charge in [-0.05, 0) is 31.2 Å². The molecule has 1 aromatic carbocycles. The predicted octanol–water partition coefficient (Wildman–Crippen LogP) is 2.98.